The molecule has 4 aliphatic rings. The lowest BCUT2D eigenvalue weighted by Gasteiger charge is -2.42. The number of carbonyl (C=O) groups excluding carboxylic acids is 2. The first-order valence-corrected chi connectivity index (χ1v) is 21.5. The topological polar surface area (TPSA) is 109 Å². The fourth-order valence-corrected chi connectivity index (χ4v) is 10.9. The molecule has 2 aromatic carbocycles. The third-order valence-electron chi connectivity index (χ3n) is 12.9. The Kier molecular flexibility index (Phi) is 13.5. The van der Waals surface area contributed by atoms with E-state index in [0.29, 0.717) is 30.9 Å². The predicted octanol–water partition coefficient (Wildman–Crippen LogP) is 7.39. The van der Waals surface area contributed by atoms with E-state index in [9.17, 15) is 18.4 Å². The van der Waals surface area contributed by atoms with Crippen LogP contribution in [0.3, 0.4) is 0 Å². The maximum atomic E-state index is 14.2. The zero-order valence-electron chi connectivity index (χ0n) is 33.5. The van der Waals surface area contributed by atoms with Crippen LogP contribution >= 0.6 is 11.8 Å². The molecule has 10 nitrogen and oxygen atoms in total. The molecule has 4 aromatic rings. The Labute approximate surface area is 344 Å². The van der Waals surface area contributed by atoms with E-state index in [4.69, 9.17) is 9.47 Å². The Morgan fingerprint density at radius 1 is 0.724 bits per heavy atom. The molecule has 4 saturated heterocycles. The van der Waals surface area contributed by atoms with Crippen molar-refractivity contribution in [3.05, 3.63) is 125 Å². The molecule has 308 valence electrons. The number of amides is 2. The fraction of sp³-hybridized carbons (Fsp3) is 0.467. The first-order valence-electron chi connectivity index (χ1n) is 20.3. The molecule has 2 N–H and O–H groups in total. The number of hydrogen-bond donors (Lipinski definition) is 2. The molecule has 0 saturated carbocycles. The summed E-state index contributed by atoms with van der Waals surface area (Å²) < 4.78 is 39.2. The summed E-state index contributed by atoms with van der Waals surface area (Å²) in [5.74, 6) is -2.48. The monoisotopic (exact) mass is 812 g/mol. The first kappa shape index (κ1) is 41.9. The predicted molar refractivity (Wildman–Crippen MR) is 221 cm³/mol. The third kappa shape index (κ3) is 8.29. The number of methoxy groups -OCH3 is 2. The van der Waals surface area contributed by atoms with Gasteiger partial charge in [-0.25, -0.2) is 13.8 Å². The van der Waals surface area contributed by atoms with Crippen LogP contribution < -0.4 is 10.6 Å². The third-order valence-corrected chi connectivity index (χ3v) is 13.6. The van der Waals surface area contributed by atoms with Gasteiger partial charge in [0.1, 0.15) is 22.2 Å². The number of halogens is 2. The van der Waals surface area contributed by atoms with Crippen molar-refractivity contribution < 1.29 is 27.8 Å². The number of thioether (sulfide) groups is 1. The lowest BCUT2D eigenvalue weighted by molar-refractivity contribution is 0.0633. The Morgan fingerprint density at radius 3 is 1.76 bits per heavy atom. The Balaban J connectivity index is 0.000000177. The van der Waals surface area contributed by atoms with Crippen molar-refractivity contribution in [1.82, 2.24) is 30.4 Å². The zero-order valence-corrected chi connectivity index (χ0v) is 34.4. The molecule has 0 aliphatic carbocycles. The summed E-state index contributed by atoms with van der Waals surface area (Å²) in [7, 11) is 3.43. The van der Waals surface area contributed by atoms with Gasteiger partial charge < -0.3 is 20.1 Å². The lowest BCUT2D eigenvalue weighted by atomic mass is 9.78. The van der Waals surface area contributed by atoms with Gasteiger partial charge in [-0.15, -0.1) is 11.8 Å². The second kappa shape index (κ2) is 18.8. The van der Waals surface area contributed by atoms with Crippen LogP contribution in [0.15, 0.2) is 96.4 Å². The van der Waals surface area contributed by atoms with Crippen LogP contribution in [0.2, 0.25) is 0 Å². The van der Waals surface area contributed by atoms with Gasteiger partial charge in [-0.2, -0.15) is 0 Å². The second-order valence-electron chi connectivity index (χ2n) is 15.7. The van der Waals surface area contributed by atoms with Crippen molar-refractivity contribution in [3.8, 4) is 0 Å². The van der Waals surface area contributed by atoms with Gasteiger partial charge in [0.2, 0.25) is 0 Å². The quantitative estimate of drug-likeness (QED) is 0.119. The van der Waals surface area contributed by atoms with E-state index in [0.717, 1.165) is 79.9 Å². The largest absolute Gasteiger partial charge is 0.383 e. The van der Waals surface area contributed by atoms with Crippen LogP contribution in [-0.4, -0.2) is 102 Å². The van der Waals surface area contributed by atoms with Gasteiger partial charge in [-0.1, -0.05) is 36.4 Å². The van der Waals surface area contributed by atoms with Crippen molar-refractivity contribution in [1.29, 1.82) is 0 Å². The standard InChI is InChI=1S/C23H26F2N2O2.C22H28N4O2S/c1-29-15-14-27-17-10-12-23(27,13-11-17)21(16-6-3-2-4-7-16)26-22(28)20-18(24)8-5-9-19(20)25;1-28-15-14-26-17-5-9-22(26,10-6-17)19(16-7-12-23-13-8-16)25-20(27)18-4-3-11-24-21(18)29-2/h2-9,17,21H,10-15H2,1H3,(H,26,28);3-4,7-8,11-13,17,19H,5-6,9-10,14-15H2,1-2H3,(H,25,27). The number of carbonyl (C=O) groups is 2. The highest BCUT2D eigenvalue weighted by Gasteiger charge is 2.57. The molecule has 4 bridgehead atoms. The molecular weight excluding hydrogens is 759 g/mol. The van der Waals surface area contributed by atoms with Crippen molar-refractivity contribution in [2.45, 2.75) is 91.6 Å². The minimum Gasteiger partial charge on any atom is -0.383 e. The molecule has 2 aromatic heterocycles. The minimum atomic E-state index is -0.848. The molecule has 2 amide bonds. The summed E-state index contributed by atoms with van der Waals surface area (Å²) >= 11 is 1.49. The average molecular weight is 813 g/mol. The molecular formula is C45H54F2N6O4S. The summed E-state index contributed by atoms with van der Waals surface area (Å²) in [6, 6.07) is 21.5. The van der Waals surface area contributed by atoms with Gasteiger partial charge in [0.15, 0.2) is 0 Å². The number of nitrogens with one attached hydrogen (secondary N) is 2. The molecule has 2 unspecified atom stereocenters. The van der Waals surface area contributed by atoms with E-state index in [1.54, 1.807) is 20.4 Å². The van der Waals surface area contributed by atoms with Crippen molar-refractivity contribution >= 4 is 23.6 Å². The highest BCUT2D eigenvalue weighted by Crippen LogP contribution is 2.54. The molecule has 4 aliphatic heterocycles. The molecule has 0 radical (unpaired) electrons. The van der Waals surface area contributed by atoms with Crippen molar-refractivity contribution in [3.63, 3.8) is 0 Å². The number of ether oxygens (including phenoxy) is 2. The van der Waals surface area contributed by atoms with Crippen LogP contribution in [0.5, 0.6) is 0 Å². The first-order chi connectivity index (χ1) is 28.3. The summed E-state index contributed by atoms with van der Waals surface area (Å²) in [5, 5.41) is 7.14. The van der Waals surface area contributed by atoms with Crippen LogP contribution in [0.4, 0.5) is 8.78 Å². The summed E-state index contributed by atoms with van der Waals surface area (Å²) in [6.07, 6.45) is 15.8. The number of fused-ring (bicyclic) bond motifs is 4. The normalized spacial score (nSPS) is 24.6. The number of benzene rings is 2. The molecule has 13 heteroatoms. The summed E-state index contributed by atoms with van der Waals surface area (Å²) in [6.45, 7) is 2.97. The van der Waals surface area contributed by atoms with Gasteiger partial charge >= 0.3 is 0 Å². The minimum absolute atomic E-state index is 0.0688. The van der Waals surface area contributed by atoms with Crippen LogP contribution in [0.1, 0.15) is 95.3 Å². The summed E-state index contributed by atoms with van der Waals surface area (Å²) in [5.41, 5.74) is 1.80. The van der Waals surface area contributed by atoms with Gasteiger partial charge in [-0.05, 0) is 105 Å². The van der Waals surface area contributed by atoms with Gasteiger partial charge in [0.25, 0.3) is 11.8 Å². The average Bonchev–Trinajstić information content (AvgIpc) is 4.01. The highest BCUT2D eigenvalue weighted by atomic mass is 32.2. The van der Waals surface area contributed by atoms with Crippen molar-refractivity contribution in [2.75, 3.05) is 46.8 Å². The molecule has 2 atom stereocenters. The maximum absolute atomic E-state index is 14.2. The second-order valence-corrected chi connectivity index (χ2v) is 16.5. The smallest absolute Gasteiger partial charge is 0.257 e. The molecule has 8 rings (SSSR count). The number of aromatic nitrogens is 2. The zero-order chi connectivity index (χ0) is 40.7. The Bertz CT molecular complexity index is 1980. The van der Waals surface area contributed by atoms with Gasteiger partial charge in [-0.3, -0.25) is 24.4 Å². The number of rotatable bonds is 15. The van der Waals surface area contributed by atoms with Gasteiger partial charge in [0, 0.05) is 69.1 Å². The van der Waals surface area contributed by atoms with E-state index in [2.05, 4.69) is 30.4 Å². The van der Waals surface area contributed by atoms with Crippen LogP contribution in [0, 0.1) is 11.6 Å². The van der Waals surface area contributed by atoms with E-state index in [-0.39, 0.29) is 29.1 Å². The summed E-state index contributed by atoms with van der Waals surface area (Å²) in [4.78, 5) is 39.9. The number of nitrogens with zero attached hydrogens (tertiary/aromatic N) is 4. The van der Waals surface area contributed by atoms with Gasteiger partial charge in [0.05, 0.1) is 30.9 Å². The lowest BCUT2D eigenvalue weighted by Crippen LogP contribution is -2.53. The molecule has 58 heavy (non-hydrogen) atoms. The number of hydrogen-bond acceptors (Lipinski definition) is 9. The highest BCUT2D eigenvalue weighted by molar-refractivity contribution is 7.98. The molecule has 6 heterocycles. The van der Waals surface area contributed by atoms with Crippen LogP contribution in [-0.2, 0) is 9.47 Å². The van der Waals surface area contributed by atoms with E-state index >= 15 is 0 Å². The van der Waals surface area contributed by atoms with Crippen LogP contribution in [0.25, 0.3) is 0 Å². The van der Waals surface area contributed by atoms with E-state index < -0.39 is 23.1 Å². The van der Waals surface area contributed by atoms with E-state index in [1.165, 1.54) is 30.7 Å². The van der Waals surface area contributed by atoms with Crippen molar-refractivity contribution in [2.24, 2.45) is 0 Å². The number of pyridine rings is 2. The molecule has 4 fully saturated rings. The fourth-order valence-electron chi connectivity index (χ4n) is 10.3. The molecule has 0 spiro atoms. The maximum Gasteiger partial charge on any atom is 0.257 e. The SMILES string of the molecule is COCCN1C2CCC1(C(NC(=O)c1c(F)cccc1F)c1ccccc1)CC2.COCCN1C2CCC1(C(NC(=O)c1cccnc1SC)c1ccncc1)CC2. The Hall–Kier alpha value is -4.27. The Morgan fingerprint density at radius 2 is 1.24 bits per heavy atom. The van der Waals surface area contributed by atoms with E-state index in [1.807, 2.05) is 73.2 Å².